The molecule has 1 aromatic rings. The molecule has 0 radical (unpaired) electrons. The third-order valence-electron chi connectivity index (χ3n) is 3.11. The van der Waals surface area contributed by atoms with Crippen molar-refractivity contribution in [3.8, 4) is 0 Å². The summed E-state index contributed by atoms with van der Waals surface area (Å²) >= 11 is 1.69. The van der Waals surface area contributed by atoms with Crippen LogP contribution in [0.15, 0.2) is 10.4 Å². The van der Waals surface area contributed by atoms with Gasteiger partial charge in [0.05, 0.1) is 17.2 Å². The van der Waals surface area contributed by atoms with Gasteiger partial charge in [0.1, 0.15) is 0 Å². The third kappa shape index (κ3) is 4.72. The van der Waals surface area contributed by atoms with Gasteiger partial charge < -0.3 is 11.1 Å². The molecule has 3 N–H and O–H groups in total. The molecule has 1 fully saturated rings. The molecule has 18 heavy (non-hydrogen) atoms. The maximum absolute atomic E-state index is 5.80. The van der Waals surface area contributed by atoms with Crippen LogP contribution in [0.1, 0.15) is 36.9 Å². The van der Waals surface area contributed by atoms with Gasteiger partial charge in [0.2, 0.25) is 0 Å². The molecule has 0 atom stereocenters. The Morgan fingerprint density at radius 2 is 2.39 bits per heavy atom. The Bertz CT molecular complexity index is 387. The molecule has 1 heterocycles. The van der Waals surface area contributed by atoms with Gasteiger partial charge in [-0.15, -0.1) is 35.3 Å². The first kappa shape index (κ1) is 15.7. The highest BCUT2D eigenvalue weighted by atomic mass is 127. The van der Waals surface area contributed by atoms with Crippen LogP contribution in [0.4, 0.5) is 0 Å². The van der Waals surface area contributed by atoms with Gasteiger partial charge in [-0.1, -0.05) is 13.3 Å². The van der Waals surface area contributed by atoms with Crippen molar-refractivity contribution in [2.45, 2.75) is 39.2 Å². The van der Waals surface area contributed by atoms with Crippen molar-refractivity contribution in [3.63, 3.8) is 0 Å². The number of nitrogens with one attached hydrogen (secondary N) is 1. The Labute approximate surface area is 129 Å². The summed E-state index contributed by atoms with van der Waals surface area (Å²) in [5.41, 5.74) is 6.82. The largest absolute Gasteiger partial charge is 0.370 e. The molecule has 6 heteroatoms. The molecule has 1 aromatic heterocycles. The van der Waals surface area contributed by atoms with E-state index in [1.54, 1.807) is 11.3 Å². The first-order valence-electron chi connectivity index (χ1n) is 6.25. The average molecular weight is 380 g/mol. The van der Waals surface area contributed by atoms with Crippen LogP contribution in [0.2, 0.25) is 0 Å². The third-order valence-corrected chi connectivity index (χ3v) is 4.15. The highest BCUT2D eigenvalue weighted by Gasteiger charge is 2.16. The number of rotatable bonds is 5. The lowest BCUT2D eigenvalue weighted by atomic mass is 9.85. The zero-order chi connectivity index (χ0) is 12.1. The van der Waals surface area contributed by atoms with Crippen molar-refractivity contribution in [3.05, 3.63) is 16.1 Å². The van der Waals surface area contributed by atoms with Crippen molar-refractivity contribution in [2.24, 2.45) is 16.6 Å². The van der Waals surface area contributed by atoms with Crippen molar-refractivity contribution in [1.29, 1.82) is 0 Å². The number of guanidine groups is 1. The van der Waals surface area contributed by atoms with Crippen LogP contribution >= 0.6 is 35.3 Å². The van der Waals surface area contributed by atoms with E-state index >= 15 is 0 Å². The van der Waals surface area contributed by atoms with E-state index in [2.05, 4.69) is 27.6 Å². The molecule has 0 amide bonds. The summed E-state index contributed by atoms with van der Waals surface area (Å²) in [6.07, 6.45) is 5.00. The second-order valence-corrected chi connectivity index (χ2v) is 5.41. The number of nitrogens with zero attached hydrogens (tertiary/aromatic N) is 2. The van der Waals surface area contributed by atoms with E-state index in [1.165, 1.54) is 19.3 Å². The number of aryl methyl sites for hydroxylation is 1. The summed E-state index contributed by atoms with van der Waals surface area (Å²) in [4.78, 5) is 8.75. The SMILES string of the molecule is CCc1nc(CN=C(N)NCC2CCC2)cs1.I. The van der Waals surface area contributed by atoms with Crippen LogP contribution in [0.5, 0.6) is 0 Å². The van der Waals surface area contributed by atoms with Gasteiger partial charge >= 0.3 is 0 Å². The minimum Gasteiger partial charge on any atom is -0.370 e. The number of aliphatic imine (C=N–C) groups is 1. The van der Waals surface area contributed by atoms with E-state index in [0.29, 0.717) is 12.5 Å². The average Bonchev–Trinajstić information content (AvgIpc) is 2.72. The van der Waals surface area contributed by atoms with Gasteiger partial charge in [0.25, 0.3) is 0 Å². The van der Waals surface area contributed by atoms with Gasteiger partial charge in [-0.05, 0) is 25.2 Å². The molecule has 0 saturated heterocycles. The smallest absolute Gasteiger partial charge is 0.188 e. The Balaban J connectivity index is 0.00000162. The van der Waals surface area contributed by atoms with E-state index in [1.807, 2.05) is 0 Å². The molecule has 0 bridgehead atoms. The van der Waals surface area contributed by atoms with Crippen LogP contribution in [0.3, 0.4) is 0 Å². The zero-order valence-electron chi connectivity index (χ0n) is 10.7. The molecule has 0 spiro atoms. The molecule has 1 aliphatic carbocycles. The van der Waals surface area contributed by atoms with Crippen LogP contribution < -0.4 is 11.1 Å². The van der Waals surface area contributed by atoms with Gasteiger partial charge in [-0.2, -0.15) is 0 Å². The standard InChI is InChI=1S/C12H20N4S.HI/c1-2-11-16-10(8-17-11)7-15-12(13)14-6-9-4-3-5-9;/h8-9H,2-7H2,1H3,(H3,13,14,15);1H. The summed E-state index contributed by atoms with van der Waals surface area (Å²) in [6.45, 7) is 3.66. The van der Waals surface area contributed by atoms with Crippen LogP contribution in [0, 0.1) is 5.92 Å². The highest BCUT2D eigenvalue weighted by Crippen LogP contribution is 2.24. The normalized spacial score (nSPS) is 15.9. The molecule has 102 valence electrons. The molecule has 0 aliphatic heterocycles. The molecule has 4 nitrogen and oxygen atoms in total. The van der Waals surface area contributed by atoms with Crippen LogP contribution in [-0.2, 0) is 13.0 Å². The second-order valence-electron chi connectivity index (χ2n) is 4.47. The van der Waals surface area contributed by atoms with Crippen molar-refractivity contribution < 1.29 is 0 Å². The number of hydrogen-bond donors (Lipinski definition) is 2. The fraction of sp³-hybridized carbons (Fsp3) is 0.667. The first-order chi connectivity index (χ1) is 8.28. The topological polar surface area (TPSA) is 63.3 Å². The lowest BCUT2D eigenvalue weighted by molar-refractivity contribution is 0.315. The van der Waals surface area contributed by atoms with E-state index in [4.69, 9.17) is 5.73 Å². The Hall–Kier alpha value is -0.370. The molecule has 0 unspecified atom stereocenters. The number of aromatic nitrogens is 1. The molecular weight excluding hydrogens is 359 g/mol. The fourth-order valence-corrected chi connectivity index (χ4v) is 2.49. The summed E-state index contributed by atoms with van der Waals surface area (Å²) in [5.74, 6) is 1.35. The predicted octanol–water partition coefficient (Wildman–Crippen LogP) is 2.53. The predicted molar refractivity (Wildman–Crippen MR) is 87.6 cm³/mol. The summed E-state index contributed by atoms with van der Waals surface area (Å²) < 4.78 is 0. The molecule has 0 aromatic carbocycles. The van der Waals surface area contributed by atoms with Crippen LogP contribution in [0.25, 0.3) is 0 Å². The molecule has 2 rings (SSSR count). The van der Waals surface area contributed by atoms with Crippen molar-refractivity contribution in [1.82, 2.24) is 10.3 Å². The Kier molecular flexibility index (Phi) is 6.91. The molecule has 1 aliphatic rings. The second kappa shape index (κ2) is 7.93. The lowest BCUT2D eigenvalue weighted by Gasteiger charge is -2.25. The first-order valence-corrected chi connectivity index (χ1v) is 7.13. The molecule has 1 saturated carbocycles. The lowest BCUT2D eigenvalue weighted by Crippen LogP contribution is -2.37. The summed E-state index contributed by atoms with van der Waals surface area (Å²) in [6, 6.07) is 0. The van der Waals surface area contributed by atoms with Crippen LogP contribution in [-0.4, -0.2) is 17.5 Å². The quantitative estimate of drug-likeness (QED) is 0.469. The van der Waals surface area contributed by atoms with Gasteiger partial charge in [0.15, 0.2) is 5.96 Å². The van der Waals surface area contributed by atoms with E-state index in [0.717, 1.165) is 29.6 Å². The van der Waals surface area contributed by atoms with E-state index < -0.39 is 0 Å². The minimum atomic E-state index is 0. The van der Waals surface area contributed by atoms with E-state index in [9.17, 15) is 0 Å². The number of hydrogen-bond acceptors (Lipinski definition) is 3. The Morgan fingerprint density at radius 1 is 1.61 bits per heavy atom. The maximum atomic E-state index is 5.80. The highest BCUT2D eigenvalue weighted by molar-refractivity contribution is 14.0. The molecular formula is C12H21IN4S. The van der Waals surface area contributed by atoms with Gasteiger partial charge in [0, 0.05) is 11.9 Å². The number of halogens is 1. The monoisotopic (exact) mass is 380 g/mol. The summed E-state index contributed by atoms with van der Waals surface area (Å²) in [7, 11) is 0. The zero-order valence-corrected chi connectivity index (χ0v) is 13.8. The maximum Gasteiger partial charge on any atom is 0.188 e. The van der Waals surface area contributed by atoms with Gasteiger partial charge in [-0.3, -0.25) is 0 Å². The minimum absolute atomic E-state index is 0. The van der Waals surface area contributed by atoms with Crippen molar-refractivity contribution in [2.75, 3.05) is 6.54 Å². The fourth-order valence-electron chi connectivity index (χ4n) is 1.75. The Morgan fingerprint density at radius 3 is 2.94 bits per heavy atom. The number of nitrogens with two attached hydrogens (primary N) is 1. The van der Waals surface area contributed by atoms with E-state index in [-0.39, 0.29) is 24.0 Å². The van der Waals surface area contributed by atoms with Crippen molar-refractivity contribution >= 4 is 41.3 Å². The van der Waals surface area contributed by atoms with Gasteiger partial charge in [-0.25, -0.2) is 9.98 Å². The number of thiazole rings is 1. The summed E-state index contributed by atoms with van der Waals surface area (Å²) in [5, 5.41) is 6.40.